The van der Waals surface area contributed by atoms with Crippen molar-refractivity contribution >= 4 is 5.91 Å². The number of likely N-dealkylation sites (tertiary alicyclic amines) is 1. The van der Waals surface area contributed by atoms with Gasteiger partial charge >= 0.3 is 0 Å². The lowest BCUT2D eigenvalue weighted by molar-refractivity contribution is -0.130. The third kappa shape index (κ3) is 4.45. The van der Waals surface area contributed by atoms with E-state index in [0.29, 0.717) is 11.7 Å². The molecule has 0 aromatic carbocycles. The van der Waals surface area contributed by atoms with Gasteiger partial charge in [0, 0.05) is 33.2 Å². The van der Waals surface area contributed by atoms with E-state index >= 15 is 0 Å². The van der Waals surface area contributed by atoms with Crippen molar-refractivity contribution in [3.8, 4) is 0 Å². The Labute approximate surface area is 156 Å². The number of amides is 1. The molecule has 2 aliphatic heterocycles. The molecule has 0 saturated carbocycles. The quantitative estimate of drug-likeness (QED) is 0.820. The summed E-state index contributed by atoms with van der Waals surface area (Å²) in [4.78, 5) is 18.5. The highest BCUT2D eigenvalue weighted by Crippen LogP contribution is 2.25. The minimum Gasteiger partial charge on any atom is -0.386 e. The van der Waals surface area contributed by atoms with Gasteiger partial charge in [0.15, 0.2) is 0 Å². The second kappa shape index (κ2) is 8.50. The molecule has 0 bridgehead atoms. The number of nitrogens with zero attached hydrogens (tertiary/aromatic N) is 5. The first-order chi connectivity index (χ1) is 12.5. The van der Waals surface area contributed by atoms with E-state index in [2.05, 4.69) is 21.8 Å². The summed E-state index contributed by atoms with van der Waals surface area (Å²) in [6.45, 7) is 8.62. The highest BCUT2D eigenvalue weighted by atomic mass is 16.3. The van der Waals surface area contributed by atoms with Gasteiger partial charge in [0.2, 0.25) is 5.91 Å². The zero-order valence-electron chi connectivity index (χ0n) is 16.4. The molecule has 2 aliphatic rings. The molecular weight excluding hydrogens is 330 g/mol. The summed E-state index contributed by atoms with van der Waals surface area (Å²) >= 11 is 0. The van der Waals surface area contributed by atoms with Gasteiger partial charge in [-0.25, -0.2) is 0 Å². The first kappa shape index (κ1) is 19.3. The average molecular weight is 364 g/mol. The van der Waals surface area contributed by atoms with Gasteiger partial charge in [0.25, 0.3) is 0 Å². The van der Waals surface area contributed by atoms with Gasteiger partial charge < -0.3 is 14.9 Å². The second-order valence-electron chi connectivity index (χ2n) is 7.84. The maximum Gasteiger partial charge on any atom is 0.225 e. The van der Waals surface area contributed by atoms with Crippen molar-refractivity contribution in [1.82, 2.24) is 24.5 Å². The number of aromatic nitrogens is 2. The molecular formula is C19H33N5O2. The van der Waals surface area contributed by atoms with Crippen LogP contribution in [-0.4, -0.2) is 81.8 Å². The van der Waals surface area contributed by atoms with Crippen LogP contribution in [0.25, 0.3) is 0 Å². The number of aliphatic hydroxyl groups is 1. The van der Waals surface area contributed by atoms with Crippen molar-refractivity contribution in [3.05, 3.63) is 17.5 Å². The van der Waals surface area contributed by atoms with Gasteiger partial charge in [0.05, 0.1) is 24.4 Å². The molecule has 0 aliphatic carbocycles. The molecule has 0 spiro atoms. The molecule has 3 rings (SSSR count). The van der Waals surface area contributed by atoms with Crippen LogP contribution in [0.2, 0.25) is 0 Å². The van der Waals surface area contributed by atoms with Gasteiger partial charge in [-0.15, -0.1) is 0 Å². The molecule has 0 unspecified atom stereocenters. The predicted molar refractivity (Wildman–Crippen MR) is 101 cm³/mol. The zero-order valence-corrected chi connectivity index (χ0v) is 16.4. The first-order valence-electron chi connectivity index (χ1n) is 9.89. The maximum absolute atomic E-state index is 11.8. The Bertz CT molecular complexity index is 607. The van der Waals surface area contributed by atoms with E-state index in [1.807, 2.05) is 10.7 Å². The van der Waals surface area contributed by atoms with E-state index in [0.717, 1.165) is 25.3 Å². The SMILES string of the molecule is CCCN1CCC(N2CCn3nc([C@@H](O)CC(=O)N(C)C)cc3C2)CC1. The van der Waals surface area contributed by atoms with E-state index in [9.17, 15) is 9.90 Å². The fourth-order valence-electron chi connectivity index (χ4n) is 4.06. The van der Waals surface area contributed by atoms with Crippen LogP contribution in [0.4, 0.5) is 0 Å². The normalized spacial score (nSPS) is 20.8. The highest BCUT2D eigenvalue weighted by Gasteiger charge is 2.29. The summed E-state index contributed by atoms with van der Waals surface area (Å²) in [7, 11) is 3.41. The van der Waals surface area contributed by atoms with Gasteiger partial charge in [-0.2, -0.15) is 5.10 Å². The maximum atomic E-state index is 11.8. The number of carbonyl (C=O) groups is 1. The molecule has 1 atom stereocenters. The van der Waals surface area contributed by atoms with Crippen molar-refractivity contribution < 1.29 is 9.90 Å². The Morgan fingerprint density at radius 3 is 2.69 bits per heavy atom. The van der Waals surface area contributed by atoms with E-state index in [1.54, 1.807) is 14.1 Å². The highest BCUT2D eigenvalue weighted by molar-refractivity contribution is 5.76. The first-order valence-corrected chi connectivity index (χ1v) is 9.89. The summed E-state index contributed by atoms with van der Waals surface area (Å²) in [5.74, 6) is -0.0797. The molecule has 1 aromatic heterocycles. The molecule has 146 valence electrons. The number of rotatable bonds is 6. The average Bonchev–Trinajstić information content (AvgIpc) is 3.06. The van der Waals surface area contributed by atoms with Crippen molar-refractivity contribution in [2.24, 2.45) is 0 Å². The summed E-state index contributed by atoms with van der Waals surface area (Å²) in [5.41, 5.74) is 1.77. The van der Waals surface area contributed by atoms with Crippen molar-refractivity contribution in [3.63, 3.8) is 0 Å². The summed E-state index contributed by atoms with van der Waals surface area (Å²) in [6, 6.07) is 2.63. The molecule has 7 nitrogen and oxygen atoms in total. The fourth-order valence-corrected chi connectivity index (χ4v) is 4.06. The lowest BCUT2D eigenvalue weighted by Gasteiger charge is -2.40. The summed E-state index contributed by atoms with van der Waals surface area (Å²) in [5, 5.41) is 14.9. The molecule has 1 amide bonds. The third-order valence-electron chi connectivity index (χ3n) is 5.67. The Hall–Kier alpha value is -1.44. The molecule has 1 fully saturated rings. The predicted octanol–water partition coefficient (Wildman–Crippen LogP) is 1.08. The van der Waals surface area contributed by atoms with E-state index in [1.165, 1.54) is 43.8 Å². The third-order valence-corrected chi connectivity index (χ3v) is 5.67. The molecule has 1 N–H and O–H groups in total. The van der Waals surface area contributed by atoms with Crippen LogP contribution in [0.5, 0.6) is 0 Å². The number of fused-ring (bicyclic) bond motifs is 1. The van der Waals surface area contributed by atoms with Crippen molar-refractivity contribution in [1.29, 1.82) is 0 Å². The van der Waals surface area contributed by atoms with Crippen LogP contribution in [-0.2, 0) is 17.9 Å². The molecule has 3 heterocycles. The van der Waals surface area contributed by atoms with Crippen LogP contribution in [0.15, 0.2) is 6.07 Å². The summed E-state index contributed by atoms with van der Waals surface area (Å²) < 4.78 is 2.00. The van der Waals surface area contributed by atoms with Gasteiger partial charge in [-0.05, 0) is 45.0 Å². The van der Waals surface area contributed by atoms with Crippen LogP contribution in [0.1, 0.15) is 50.1 Å². The fraction of sp³-hybridized carbons (Fsp3) is 0.789. The Morgan fingerprint density at radius 2 is 2.04 bits per heavy atom. The molecule has 1 aromatic rings. The van der Waals surface area contributed by atoms with Gasteiger partial charge in [-0.1, -0.05) is 6.92 Å². The largest absolute Gasteiger partial charge is 0.386 e. The lowest BCUT2D eigenvalue weighted by atomic mass is 10.0. The van der Waals surface area contributed by atoms with E-state index in [-0.39, 0.29) is 12.3 Å². The monoisotopic (exact) mass is 363 g/mol. The molecule has 0 radical (unpaired) electrons. The number of piperidine rings is 1. The van der Waals surface area contributed by atoms with Crippen LogP contribution < -0.4 is 0 Å². The minimum absolute atomic E-state index is 0.0797. The van der Waals surface area contributed by atoms with Crippen LogP contribution in [0, 0.1) is 0 Å². The smallest absolute Gasteiger partial charge is 0.225 e. The Kier molecular flexibility index (Phi) is 6.32. The molecule has 26 heavy (non-hydrogen) atoms. The van der Waals surface area contributed by atoms with Crippen molar-refractivity contribution in [2.75, 3.05) is 40.3 Å². The lowest BCUT2D eigenvalue weighted by Crippen LogP contribution is -2.47. The van der Waals surface area contributed by atoms with E-state index < -0.39 is 6.10 Å². The van der Waals surface area contributed by atoms with Gasteiger partial charge in [-0.3, -0.25) is 14.4 Å². The number of hydrogen-bond donors (Lipinski definition) is 1. The molecule has 7 heteroatoms. The second-order valence-corrected chi connectivity index (χ2v) is 7.84. The van der Waals surface area contributed by atoms with E-state index in [4.69, 9.17) is 0 Å². The number of hydrogen-bond acceptors (Lipinski definition) is 5. The Balaban J connectivity index is 1.57. The topological polar surface area (TPSA) is 64.8 Å². The summed E-state index contributed by atoms with van der Waals surface area (Å²) in [6.07, 6.45) is 2.97. The number of carbonyl (C=O) groups excluding carboxylic acids is 1. The zero-order chi connectivity index (χ0) is 18.7. The number of aliphatic hydroxyl groups excluding tert-OH is 1. The Morgan fingerprint density at radius 1 is 1.31 bits per heavy atom. The van der Waals surface area contributed by atoms with Crippen LogP contribution in [0.3, 0.4) is 0 Å². The van der Waals surface area contributed by atoms with Gasteiger partial charge in [0.1, 0.15) is 6.10 Å². The van der Waals surface area contributed by atoms with Crippen LogP contribution >= 0.6 is 0 Å². The van der Waals surface area contributed by atoms with Crippen molar-refractivity contribution in [2.45, 2.75) is 57.8 Å². The minimum atomic E-state index is -0.825. The standard InChI is InChI=1S/C19H33N5O2/c1-4-7-22-8-5-15(6-9-22)23-10-11-24-16(14-23)12-17(20-24)18(25)13-19(26)21(2)3/h12,15,18,25H,4-11,13-14H2,1-3H3/t18-/m0/s1. The molecule has 1 saturated heterocycles.